The number of methoxy groups -OCH3 is 1. The standard InChI is InChI=1S/C14H9F4NO2/c1-21-13(20)9-4-5-19-12(7-9)8-2-3-10(11(15)6-8)14(16,17)18/h2-7H,1H3. The highest BCUT2D eigenvalue weighted by molar-refractivity contribution is 5.90. The molecule has 0 spiro atoms. The Bertz CT molecular complexity index is 683. The summed E-state index contributed by atoms with van der Waals surface area (Å²) in [6, 6.07) is 5.16. The van der Waals surface area contributed by atoms with E-state index in [2.05, 4.69) is 9.72 Å². The van der Waals surface area contributed by atoms with Crippen molar-refractivity contribution in [3.8, 4) is 11.3 Å². The molecule has 0 aliphatic carbocycles. The average Bonchev–Trinajstić information content (AvgIpc) is 2.45. The molecular weight excluding hydrogens is 290 g/mol. The summed E-state index contributed by atoms with van der Waals surface area (Å²) in [6.45, 7) is 0. The molecule has 0 saturated heterocycles. The summed E-state index contributed by atoms with van der Waals surface area (Å²) in [4.78, 5) is 15.3. The van der Waals surface area contributed by atoms with Crippen LogP contribution in [0.25, 0.3) is 11.3 Å². The van der Waals surface area contributed by atoms with E-state index >= 15 is 0 Å². The lowest BCUT2D eigenvalue weighted by Crippen LogP contribution is -2.08. The number of pyridine rings is 1. The molecule has 2 rings (SSSR count). The second-order valence-electron chi connectivity index (χ2n) is 4.11. The SMILES string of the molecule is COC(=O)c1ccnc(-c2ccc(C(F)(F)F)c(F)c2)c1. The number of hydrogen-bond acceptors (Lipinski definition) is 3. The highest BCUT2D eigenvalue weighted by Gasteiger charge is 2.34. The van der Waals surface area contributed by atoms with Crippen molar-refractivity contribution in [1.82, 2.24) is 4.98 Å². The van der Waals surface area contributed by atoms with Gasteiger partial charge in [-0.3, -0.25) is 4.98 Å². The van der Waals surface area contributed by atoms with Crippen molar-refractivity contribution in [2.75, 3.05) is 7.11 Å². The van der Waals surface area contributed by atoms with Crippen LogP contribution in [-0.2, 0) is 10.9 Å². The Balaban J connectivity index is 2.44. The molecule has 21 heavy (non-hydrogen) atoms. The summed E-state index contributed by atoms with van der Waals surface area (Å²) >= 11 is 0. The molecule has 1 aromatic heterocycles. The van der Waals surface area contributed by atoms with Crippen LogP contribution in [0, 0.1) is 5.82 Å². The van der Waals surface area contributed by atoms with E-state index in [1.54, 1.807) is 0 Å². The van der Waals surface area contributed by atoms with Gasteiger partial charge in [0.05, 0.1) is 23.9 Å². The summed E-state index contributed by atoms with van der Waals surface area (Å²) in [5, 5.41) is 0. The zero-order valence-corrected chi connectivity index (χ0v) is 10.7. The number of nitrogens with zero attached hydrogens (tertiary/aromatic N) is 1. The van der Waals surface area contributed by atoms with Crippen LogP contribution in [0.5, 0.6) is 0 Å². The van der Waals surface area contributed by atoms with Crippen LogP contribution in [0.3, 0.4) is 0 Å². The van der Waals surface area contributed by atoms with Gasteiger partial charge in [-0.25, -0.2) is 9.18 Å². The number of hydrogen-bond donors (Lipinski definition) is 0. The number of rotatable bonds is 2. The van der Waals surface area contributed by atoms with Gasteiger partial charge < -0.3 is 4.74 Å². The molecule has 0 radical (unpaired) electrons. The van der Waals surface area contributed by atoms with E-state index in [0.29, 0.717) is 6.07 Å². The quantitative estimate of drug-likeness (QED) is 0.627. The maximum absolute atomic E-state index is 13.5. The van der Waals surface area contributed by atoms with E-state index in [1.165, 1.54) is 25.4 Å². The Hall–Kier alpha value is -2.44. The average molecular weight is 299 g/mol. The number of benzene rings is 1. The molecule has 0 fully saturated rings. The Morgan fingerprint density at radius 1 is 1.19 bits per heavy atom. The van der Waals surface area contributed by atoms with Gasteiger partial charge in [0.15, 0.2) is 0 Å². The number of aromatic nitrogens is 1. The second kappa shape index (κ2) is 5.51. The first-order valence-electron chi connectivity index (χ1n) is 5.74. The van der Waals surface area contributed by atoms with Crippen LogP contribution in [0.15, 0.2) is 36.5 Å². The van der Waals surface area contributed by atoms with Gasteiger partial charge in [-0.1, -0.05) is 6.07 Å². The largest absolute Gasteiger partial charge is 0.465 e. The van der Waals surface area contributed by atoms with Gasteiger partial charge in [-0.15, -0.1) is 0 Å². The predicted octanol–water partition coefficient (Wildman–Crippen LogP) is 3.69. The van der Waals surface area contributed by atoms with Gasteiger partial charge in [0.2, 0.25) is 0 Å². The molecule has 1 aromatic carbocycles. The van der Waals surface area contributed by atoms with E-state index in [4.69, 9.17) is 0 Å². The molecule has 2 aromatic rings. The maximum Gasteiger partial charge on any atom is 0.419 e. The van der Waals surface area contributed by atoms with Crippen molar-refractivity contribution in [1.29, 1.82) is 0 Å². The number of carbonyl (C=O) groups excluding carboxylic acids is 1. The molecule has 7 heteroatoms. The van der Waals surface area contributed by atoms with Crippen molar-refractivity contribution >= 4 is 5.97 Å². The third kappa shape index (κ3) is 3.18. The van der Waals surface area contributed by atoms with Crippen LogP contribution in [0.2, 0.25) is 0 Å². The van der Waals surface area contributed by atoms with E-state index < -0.39 is 23.5 Å². The molecule has 0 bridgehead atoms. The van der Waals surface area contributed by atoms with Crippen LogP contribution < -0.4 is 0 Å². The summed E-state index contributed by atoms with van der Waals surface area (Å²) in [5.74, 6) is -2.02. The highest BCUT2D eigenvalue weighted by Crippen LogP contribution is 2.33. The molecule has 0 amide bonds. The van der Waals surface area contributed by atoms with Gasteiger partial charge in [-0.2, -0.15) is 13.2 Å². The van der Waals surface area contributed by atoms with Gasteiger partial charge in [-0.05, 0) is 24.3 Å². The molecule has 0 saturated carbocycles. The molecule has 0 aliphatic rings. The van der Waals surface area contributed by atoms with E-state index in [9.17, 15) is 22.4 Å². The fraction of sp³-hybridized carbons (Fsp3) is 0.143. The van der Waals surface area contributed by atoms with Crippen molar-refractivity contribution < 1.29 is 27.1 Å². The number of halogens is 4. The molecule has 0 unspecified atom stereocenters. The lowest BCUT2D eigenvalue weighted by Gasteiger charge is -2.09. The van der Waals surface area contributed by atoms with Gasteiger partial charge in [0.25, 0.3) is 0 Å². The zero-order valence-electron chi connectivity index (χ0n) is 10.7. The lowest BCUT2D eigenvalue weighted by molar-refractivity contribution is -0.139. The fourth-order valence-electron chi connectivity index (χ4n) is 1.74. The van der Waals surface area contributed by atoms with Gasteiger partial charge in [0, 0.05) is 11.8 Å². The molecule has 0 N–H and O–H groups in total. The second-order valence-corrected chi connectivity index (χ2v) is 4.11. The molecule has 0 atom stereocenters. The van der Waals surface area contributed by atoms with Crippen LogP contribution in [0.1, 0.15) is 15.9 Å². The van der Waals surface area contributed by atoms with Crippen LogP contribution >= 0.6 is 0 Å². The molecule has 3 nitrogen and oxygen atoms in total. The number of alkyl halides is 3. The third-order valence-corrected chi connectivity index (χ3v) is 2.75. The maximum atomic E-state index is 13.5. The first-order valence-corrected chi connectivity index (χ1v) is 5.74. The minimum absolute atomic E-state index is 0.131. The Morgan fingerprint density at radius 2 is 1.90 bits per heavy atom. The summed E-state index contributed by atoms with van der Waals surface area (Å²) in [6.07, 6.45) is -3.47. The zero-order chi connectivity index (χ0) is 15.6. The van der Waals surface area contributed by atoms with Gasteiger partial charge >= 0.3 is 12.1 Å². The smallest absolute Gasteiger partial charge is 0.419 e. The molecule has 110 valence electrons. The lowest BCUT2D eigenvalue weighted by atomic mass is 10.1. The number of ether oxygens (including phenoxy) is 1. The third-order valence-electron chi connectivity index (χ3n) is 2.75. The number of esters is 1. The van der Waals surface area contributed by atoms with E-state index in [1.807, 2.05) is 0 Å². The summed E-state index contributed by atoms with van der Waals surface area (Å²) < 4.78 is 55.5. The van der Waals surface area contributed by atoms with E-state index in [-0.39, 0.29) is 16.8 Å². The minimum Gasteiger partial charge on any atom is -0.465 e. The van der Waals surface area contributed by atoms with Crippen LogP contribution in [0.4, 0.5) is 17.6 Å². The van der Waals surface area contributed by atoms with Crippen molar-refractivity contribution in [2.45, 2.75) is 6.18 Å². The first-order chi connectivity index (χ1) is 9.82. The summed E-state index contributed by atoms with van der Waals surface area (Å²) in [5.41, 5.74) is -0.880. The monoisotopic (exact) mass is 299 g/mol. The predicted molar refractivity (Wildman–Crippen MR) is 66.0 cm³/mol. The Kier molecular flexibility index (Phi) is 3.93. The normalized spacial score (nSPS) is 11.3. The van der Waals surface area contributed by atoms with Crippen molar-refractivity contribution in [3.63, 3.8) is 0 Å². The van der Waals surface area contributed by atoms with E-state index in [0.717, 1.165) is 12.1 Å². The van der Waals surface area contributed by atoms with Crippen molar-refractivity contribution in [2.24, 2.45) is 0 Å². The molecular formula is C14H9F4NO2. The van der Waals surface area contributed by atoms with Gasteiger partial charge in [0.1, 0.15) is 5.82 Å². The first kappa shape index (κ1) is 15.0. The van der Waals surface area contributed by atoms with Crippen molar-refractivity contribution in [3.05, 3.63) is 53.5 Å². The fourth-order valence-corrected chi connectivity index (χ4v) is 1.74. The summed E-state index contributed by atoms with van der Waals surface area (Å²) in [7, 11) is 1.19. The number of carbonyl (C=O) groups is 1. The Labute approximate surface area is 117 Å². The minimum atomic E-state index is -4.76. The van der Waals surface area contributed by atoms with Crippen LogP contribution in [-0.4, -0.2) is 18.1 Å². The molecule has 1 heterocycles. The molecule has 0 aliphatic heterocycles. The topological polar surface area (TPSA) is 39.2 Å². The highest BCUT2D eigenvalue weighted by atomic mass is 19.4. The Morgan fingerprint density at radius 3 is 2.48 bits per heavy atom.